The molecule has 3 unspecified atom stereocenters. The van der Waals surface area contributed by atoms with E-state index >= 15 is 0 Å². The van der Waals surface area contributed by atoms with Gasteiger partial charge in [0, 0.05) is 13.1 Å². The van der Waals surface area contributed by atoms with Gasteiger partial charge in [-0.25, -0.2) is 0 Å². The minimum absolute atomic E-state index is 0.419. The molecular weight excluding hydrogens is 224 g/mol. The zero-order valence-electron chi connectivity index (χ0n) is 11.0. The van der Waals surface area contributed by atoms with Gasteiger partial charge >= 0.3 is 0 Å². The van der Waals surface area contributed by atoms with Crippen LogP contribution < -0.4 is 4.90 Å². The van der Waals surface area contributed by atoms with Crippen LogP contribution in [-0.4, -0.2) is 23.2 Å². The molecule has 2 aliphatic rings. The van der Waals surface area contributed by atoms with Crippen molar-refractivity contribution in [3.8, 4) is 0 Å². The maximum absolute atomic E-state index is 9.74. The fourth-order valence-electron chi connectivity index (χ4n) is 3.44. The van der Waals surface area contributed by atoms with Crippen molar-refractivity contribution in [1.82, 2.24) is 4.98 Å². The van der Waals surface area contributed by atoms with Gasteiger partial charge in [-0.1, -0.05) is 13.3 Å². The first-order valence-corrected chi connectivity index (χ1v) is 7.17. The fourth-order valence-corrected chi connectivity index (χ4v) is 3.44. The predicted octanol–water partition coefficient (Wildman–Crippen LogP) is 2.76. The number of anilines is 1. The summed E-state index contributed by atoms with van der Waals surface area (Å²) in [6.07, 6.45) is 6.46. The maximum Gasteiger partial charge on any atom is 0.0957 e. The molecule has 1 saturated carbocycles. The largest absolute Gasteiger partial charge is 0.387 e. The lowest BCUT2D eigenvalue weighted by Crippen LogP contribution is -2.20. The Hall–Kier alpha value is -1.09. The summed E-state index contributed by atoms with van der Waals surface area (Å²) < 4.78 is 0. The minimum Gasteiger partial charge on any atom is -0.387 e. The average Bonchev–Trinajstić information content (AvgIpc) is 2.99. The van der Waals surface area contributed by atoms with Crippen LogP contribution in [0, 0.1) is 11.8 Å². The highest BCUT2D eigenvalue weighted by Gasteiger charge is 2.36. The number of aromatic nitrogens is 1. The molecule has 3 heteroatoms. The van der Waals surface area contributed by atoms with Gasteiger partial charge in [-0.3, -0.25) is 4.98 Å². The Morgan fingerprint density at radius 1 is 1.33 bits per heavy atom. The smallest absolute Gasteiger partial charge is 0.0957 e. The number of pyridine rings is 1. The molecule has 18 heavy (non-hydrogen) atoms. The number of hydrogen-bond acceptors (Lipinski definition) is 3. The Labute approximate surface area is 109 Å². The Bertz CT molecular complexity index is 391. The molecule has 0 bridgehead atoms. The number of hydrogen-bond donors (Lipinski definition) is 1. The molecule has 1 N–H and O–H groups in total. The lowest BCUT2D eigenvalue weighted by atomic mass is 10.0. The first kappa shape index (κ1) is 12.0. The van der Waals surface area contributed by atoms with Crippen molar-refractivity contribution in [3.05, 3.63) is 24.0 Å². The monoisotopic (exact) mass is 246 g/mol. The Morgan fingerprint density at radius 3 is 2.61 bits per heavy atom. The van der Waals surface area contributed by atoms with Gasteiger partial charge in [0.2, 0.25) is 0 Å². The van der Waals surface area contributed by atoms with E-state index in [9.17, 15) is 5.11 Å². The summed E-state index contributed by atoms with van der Waals surface area (Å²) in [4.78, 5) is 6.86. The first-order chi connectivity index (χ1) is 8.78. The van der Waals surface area contributed by atoms with Crippen molar-refractivity contribution in [2.24, 2.45) is 11.8 Å². The Balaban J connectivity index is 1.70. The van der Waals surface area contributed by atoms with Crippen molar-refractivity contribution < 1.29 is 5.11 Å². The van der Waals surface area contributed by atoms with Gasteiger partial charge in [-0.2, -0.15) is 0 Å². The third-order valence-electron chi connectivity index (χ3n) is 4.59. The minimum atomic E-state index is -0.419. The molecule has 1 aromatic heterocycles. The van der Waals surface area contributed by atoms with Crippen LogP contribution in [0.25, 0.3) is 0 Å². The number of aliphatic hydroxyl groups excluding tert-OH is 1. The molecule has 1 aliphatic carbocycles. The van der Waals surface area contributed by atoms with E-state index in [0.29, 0.717) is 0 Å². The average molecular weight is 246 g/mol. The molecule has 0 spiro atoms. The molecule has 3 atom stereocenters. The second-order valence-electron chi connectivity index (χ2n) is 5.72. The van der Waals surface area contributed by atoms with Crippen LogP contribution in [0.15, 0.2) is 18.3 Å². The maximum atomic E-state index is 9.74. The summed E-state index contributed by atoms with van der Waals surface area (Å²) in [5.74, 6) is 1.82. The molecule has 2 fully saturated rings. The van der Waals surface area contributed by atoms with Crippen LogP contribution in [-0.2, 0) is 0 Å². The van der Waals surface area contributed by atoms with Crippen LogP contribution in [0.3, 0.4) is 0 Å². The van der Waals surface area contributed by atoms with E-state index in [1.807, 2.05) is 19.2 Å². The summed E-state index contributed by atoms with van der Waals surface area (Å²) in [5.41, 5.74) is 2.01. The molecule has 3 nitrogen and oxygen atoms in total. The van der Waals surface area contributed by atoms with Gasteiger partial charge in [-0.05, 0) is 43.2 Å². The van der Waals surface area contributed by atoms with Gasteiger partial charge in [0.15, 0.2) is 0 Å². The van der Waals surface area contributed by atoms with E-state index in [1.165, 1.54) is 38.0 Å². The molecule has 98 valence electrons. The Kier molecular flexibility index (Phi) is 3.25. The fraction of sp³-hybridized carbons (Fsp3) is 0.667. The SMILES string of the molecule is CCC(O)c1ccc(N2CC3CCCC3C2)cn1. The third-order valence-corrected chi connectivity index (χ3v) is 4.59. The lowest BCUT2D eigenvalue weighted by molar-refractivity contribution is 0.169. The molecule has 0 radical (unpaired) electrons. The van der Waals surface area contributed by atoms with E-state index in [0.717, 1.165) is 24.0 Å². The molecule has 1 aromatic rings. The van der Waals surface area contributed by atoms with Crippen molar-refractivity contribution in [3.63, 3.8) is 0 Å². The van der Waals surface area contributed by atoms with Crippen LogP contribution in [0.5, 0.6) is 0 Å². The van der Waals surface area contributed by atoms with Crippen LogP contribution >= 0.6 is 0 Å². The van der Waals surface area contributed by atoms with Crippen molar-refractivity contribution in [2.75, 3.05) is 18.0 Å². The normalized spacial score (nSPS) is 28.4. The van der Waals surface area contributed by atoms with Gasteiger partial charge in [0.1, 0.15) is 0 Å². The summed E-state index contributed by atoms with van der Waals surface area (Å²) in [7, 11) is 0. The third kappa shape index (κ3) is 2.12. The highest BCUT2D eigenvalue weighted by molar-refractivity contribution is 5.46. The number of nitrogens with zero attached hydrogens (tertiary/aromatic N) is 2. The van der Waals surface area contributed by atoms with E-state index in [2.05, 4.69) is 16.0 Å². The van der Waals surface area contributed by atoms with Crippen molar-refractivity contribution in [1.29, 1.82) is 0 Å². The Morgan fingerprint density at radius 2 is 2.06 bits per heavy atom. The van der Waals surface area contributed by atoms with E-state index in [-0.39, 0.29) is 0 Å². The summed E-state index contributed by atoms with van der Waals surface area (Å²) in [6, 6.07) is 4.08. The topological polar surface area (TPSA) is 36.4 Å². The van der Waals surface area contributed by atoms with Crippen LogP contribution in [0.1, 0.15) is 44.4 Å². The molecular formula is C15H22N2O. The number of aliphatic hydroxyl groups is 1. The zero-order chi connectivity index (χ0) is 12.5. The van der Waals surface area contributed by atoms with Crippen LogP contribution in [0.2, 0.25) is 0 Å². The van der Waals surface area contributed by atoms with Gasteiger partial charge in [0.05, 0.1) is 23.7 Å². The number of fused-ring (bicyclic) bond motifs is 1. The molecule has 3 rings (SSSR count). The summed E-state index contributed by atoms with van der Waals surface area (Å²) in [5, 5.41) is 9.74. The van der Waals surface area contributed by atoms with Crippen molar-refractivity contribution in [2.45, 2.75) is 38.7 Å². The standard InChI is InChI=1S/C15H22N2O/c1-2-15(18)14-7-6-13(8-16-14)17-9-11-4-3-5-12(11)10-17/h6-8,11-12,15,18H,2-5,9-10H2,1H3. The van der Waals surface area contributed by atoms with Crippen molar-refractivity contribution >= 4 is 5.69 Å². The lowest BCUT2D eigenvalue weighted by Gasteiger charge is -2.19. The highest BCUT2D eigenvalue weighted by atomic mass is 16.3. The zero-order valence-corrected chi connectivity index (χ0v) is 11.0. The van der Waals surface area contributed by atoms with E-state index in [4.69, 9.17) is 0 Å². The molecule has 2 heterocycles. The van der Waals surface area contributed by atoms with Gasteiger partial charge in [-0.15, -0.1) is 0 Å². The van der Waals surface area contributed by atoms with E-state index in [1.54, 1.807) is 0 Å². The highest BCUT2D eigenvalue weighted by Crippen LogP contribution is 2.39. The molecule has 0 aromatic carbocycles. The second kappa shape index (κ2) is 4.88. The van der Waals surface area contributed by atoms with Gasteiger partial charge < -0.3 is 10.0 Å². The second-order valence-corrected chi connectivity index (χ2v) is 5.72. The number of rotatable bonds is 3. The van der Waals surface area contributed by atoms with Gasteiger partial charge in [0.25, 0.3) is 0 Å². The molecule has 0 amide bonds. The summed E-state index contributed by atoms with van der Waals surface area (Å²) >= 11 is 0. The molecule has 1 saturated heterocycles. The van der Waals surface area contributed by atoms with E-state index < -0.39 is 6.10 Å². The summed E-state index contributed by atoms with van der Waals surface area (Å²) in [6.45, 7) is 4.37. The molecule has 1 aliphatic heterocycles. The first-order valence-electron chi connectivity index (χ1n) is 7.17. The predicted molar refractivity (Wildman–Crippen MR) is 72.5 cm³/mol. The van der Waals surface area contributed by atoms with Crippen LogP contribution in [0.4, 0.5) is 5.69 Å². The quantitative estimate of drug-likeness (QED) is 0.891.